The third-order valence-corrected chi connectivity index (χ3v) is 5.08. The van der Waals surface area contributed by atoms with E-state index in [1.807, 2.05) is 0 Å². The fourth-order valence-electron chi connectivity index (χ4n) is 3.81. The Kier molecular flexibility index (Phi) is 3.68. The van der Waals surface area contributed by atoms with Crippen LogP contribution in [0, 0.1) is 27.4 Å². The predicted molar refractivity (Wildman–Crippen MR) is 82.4 cm³/mol. The van der Waals surface area contributed by atoms with Crippen LogP contribution in [0.3, 0.4) is 0 Å². The summed E-state index contributed by atoms with van der Waals surface area (Å²) >= 11 is 0. The van der Waals surface area contributed by atoms with Gasteiger partial charge in [-0.1, -0.05) is 31.9 Å². The molecule has 116 valence electrons. The Morgan fingerprint density at radius 3 is 3.00 bits per heavy atom. The Morgan fingerprint density at radius 2 is 2.32 bits per heavy atom. The van der Waals surface area contributed by atoms with Gasteiger partial charge in [-0.3, -0.25) is 14.9 Å². The largest absolute Gasteiger partial charge is 0.273 e. The van der Waals surface area contributed by atoms with Crippen molar-refractivity contribution in [2.45, 2.75) is 32.6 Å². The van der Waals surface area contributed by atoms with Gasteiger partial charge in [0.25, 0.3) is 5.69 Å². The summed E-state index contributed by atoms with van der Waals surface area (Å²) in [6, 6.07) is 6.15. The molecule has 1 aromatic rings. The van der Waals surface area contributed by atoms with Crippen molar-refractivity contribution in [2.75, 3.05) is 0 Å². The molecule has 2 aliphatic carbocycles. The van der Waals surface area contributed by atoms with E-state index in [-0.39, 0.29) is 22.9 Å². The monoisotopic (exact) mass is 301 g/mol. The van der Waals surface area contributed by atoms with Gasteiger partial charge < -0.3 is 0 Å². The lowest BCUT2D eigenvalue weighted by Gasteiger charge is -2.15. The Labute approximate surface area is 128 Å². The lowest BCUT2D eigenvalue weighted by atomic mass is 9.90. The van der Waals surface area contributed by atoms with Crippen LogP contribution in [0.15, 0.2) is 29.4 Å². The lowest BCUT2D eigenvalue weighted by molar-refractivity contribution is -0.384. The van der Waals surface area contributed by atoms with Gasteiger partial charge in [0, 0.05) is 23.6 Å². The van der Waals surface area contributed by atoms with Crippen molar-refractivity contribution < 1.29 is 9.72 Å². The van der Waals surface area contributed by atoms with Crippen molar-refractivity contribution in [1.29, 1.82) is 0 Å². The molecule has 0 spiro atoms. The number of nitro benzene ring substituents is 1. The van der Waals surface area contributed by atoms with Gasteiger partial charge >= 0.3 is 0 Å². The normalized spacial score (nSPS) is 29.9. The zero-order chi connectivity index (χ0) is 15.7. The Bertz CT molecular complexity index is 643. The third kappa shape index (κ3) is 2.61. The molecule has 0 aromatic heterocycles. The van der Waals surface area contributed by atoms with Gasteiger partial charge in [-0.2, -0.15) is 5.10 Å². The molecule has 1 N–H and O–H groups in total. The van der Waals surface area contributed by atoms with Crippen molar-refractivity contribution in [2.24, 2.45) is 22.4 Å². The zero-order valence-electron chi connectivity index (χ0n) is 12.5. The summed E-state index contributed by atoms with van der Waals surface area (Å²) in [5.41, 5.74) is 3.34. The van der Waals surface area contributed by atoms with Crippen LogP contribution >= 0.6 is 0 Å². The first-order valence-corrected chi connectivity index (χ1v) is 7.60. The molecule has 0 radical (unpaired) electrons. The molecule has 0 aliphatic heterocycles. The van der Waals surface area contributed by atoms with E-state index in [1.165, 1.54) is 31.2 Å². The van der Waals surface area contributed by atoms with Crippen LogP contribution in [0.2, 0.25) is 0 Å². The number of nitro groups is 1. The summed E-state index contributed by atoms with van der Waals surface area (Å²) in [4.78, 5) is 22.5. The summed E-state index contributed by atoms with van der Waals surface area (Å²) in [5, 5.41) is 14.6. The number of non-ortho nitro benzene ring substituents is 1. The zero-order valence-corrected chi connectivity index (χ0v) is 12.5. The number of carbonyl (C=O) groups is 1. The number of amides is 1. The summed E-state index contributed by atoms with van der Waals surface area (Å²) < 4.78 is 0. The van der Waals surface area contributed by atoms with Gasteiger partial charge in [0.15, 0.2) is 0 Å². The molecule has 2 aliphatic rings. The Balaban J connectivity index is 1.60. The van der Waals surface area contributed by atoms with Crippen molar-refractivity contribution in [3.63, 3.8) is 0 Å². The third-order valence-electron chi connectivity index (χ3n) is 5.08. The number of nitrogens with one attached hydrogen (secondary N) is 1. The first-order chi connectivity index (χ1) is 10.5. The molecule has 6 nitrogen and oxygen atoms in total. The molecule has 22 heavy (non-hydrogen) atoms. The first-order valence-electron chi connectivity index (χ1n) is 7.60. The maximum Gasteiger partial charge on any atom is 0.270 e. The highest BCUT2D eigenvalue weighted by molar-refractivity contribution is 5.86. The number of benzene rings is 1. The van der Waals surface area contributed by atoms with Gasteiger partial charge in [-0.15, -0.1) is 0 Å². The quantitative estimate of drug-likeness (QED) is 0.527. The van der Waals surface area contributed by atoms with Crippen LogP contribution in [-0.2, 0) is 4.79 Å². The number of carbonyl (C=O) groups excluding carboxylic acids is 1. The minimum absolute atomic E-state index is 0.0102. The molecule has 1 amide bonds. The Morgan fingerprint density at radius 1 is 1.50 bits per heavy atom. The number of fused-ring (bicyclic) bond motifs is 1. The van der Waals surface area contributed by atoms with E-state index in [0.717, 1.165) is 12.8 Å². The van der Waals surface area contributed by atoms with Crippen LogP contribution < -0.4 is 5.43 Å². The van der Waals surface area contributed by atoms with E-state index in [4.69, 9.17) is 0 Å². The van der Waals surface area contributed by atoms with E-state index in [0.29, 0.717) is 11.5 Å². The average molecular weight is 301 g/mol. The highest BCUT2D eigenvalue weighted by atomic mass is 16.6. The fraction of sp³-hybridized carbons (Fsp3) is 0.500. The van der Waals surface area contributed by atoms with Gasteiger partial charge in [-0.05, 0) is 24.2 Å². The van der Waals surface area contributed by atoms with Crippen LogP contribution in [0.25, 0.3) is 0 Å². The molecule has 2 saturated carbocycles. The van der Waals surface area contributed by atoms with Crippen molar-refractivity contribution >= 4 is 17.8 Å². The minimum atomic E-state index is -0.453. The van der Waals surface area contributed by atoms with Gasteiger partial charge in [0.2, 0.25) is 5.91 Å². The number of hydrogen-bond donors (Lipinski definition) is 1. The first kappa shape index (κ1) is 14.7. The second-order valence-electron chi connectivity index (χ2n) is 6.42. The number of hydrogen-bond acceptors (Lipinski definition) is 4. The molecule has 0 heterocycles. The van der Waals surface area contributed by atoms with Crippen LogP contribution in [0.5, 0.6) is 0 Å². The average Bonchev–Trinajstić information content (AvgIpc) is 3.13. The Hall–Kier alpha value is -2.24. The molecular formula is C16H19N3O3. The molecule has 0 unspecified atom stereocenters. The smallest absolute Gasteiger partial charge is 0.270 e. The van der Waals surface area contributed by atoms with Crippen molar-refractivity contribution in [1.82, 2.24) is 5.43 Å². The van der Waals surface area contributed by atoms with Crippen LogP contribution in [-0.4, -0.2) is 17.0 Å². The molecule has 3 rings (SSSR count). The van der Waals surface area contributed by atoms with Crippen LogP contribution in [0.4, 0.5) is 5.69 Å². The highest BCUT2D eigenvalue weighted by Crippen LogP contribution is 2.66. The van der Waals surface area contributed by atoms with E-state index in [1.54, 1.807) is 12.1 Å². The van der Waals surface area contributed by atoms with E-state index < -0.39 is 4.92 Å². The molecule has 6 heteroatoms. The standard InChI is InChI=1S/C16H19N3O3/c1-16-8-3-2-7-13(16)14(16)15(20)18-17-10-11-5-4-6-12(9-11)19(21)22/h4-6,9-10,13-14H,2-3,7-8H2,1H3,(H,18,20)/b17-10-/t13-,14-,16-/m0/s1. The maximum atomic E-state index is 12.2. The number of hydrazone groups is 1. The topological polar surface area (TPSA) is 84.6 Å². The second kappa shape index (κ2) is 5.51. The number of rotatable bonds is 4. The maximum absolute atomic E-state index is 12.2. The highest BCUT2D eigenvalue weighted by Gasteiger charge is 2.64. The molecule has 1 aromatic carbocycles. The summed E-state index contributed by atoms with van der Waals surface area (Å²) in [5.74, 6) is 0.530. The summed E-state index contributed by atoms with van der Waals surface area (Å²) in [6.07, 6.45) is 6.10. The molecular weight excluding hydrogens is 282 g/mol. The minimum Gasteiger partial charge on any atom is -0.273 e. The second-order valence-corrected chi connectivity index (χ2v) is 6.42. The molecule has 0 saturated heterocycles. The predicted octanol–water partition coefficient (Wildman–Crippen LogP) is 2.87. The number of nitrogens with zero attached hydrogens (tertiary/aromatic N) is 2. The van der Waals surface area contributed by atoms with Crippen molar-refractivity contribution in [3.8, 4) is 0 Å². The molecule has 2 fully saturated rings. The van der Waals surface area contributed by atoms with Gasteiger partial charge in [-0.25, -0.2) is 5.43 Å². The SMILES string of the molecule is C[C@]12CCCC[C@H]1[C@H]2C(=O)N/N=C\c1cccc([N+](=O)[O-])c1. The lowest BCUT2D eigenvalue weighted by Crippen LogP contribution is -2.22. The summed E-state index contributed by atoms with van der Waals surface area (Å²) in [6.45, 7) is 2.19. The van der Waals surface area contributed by atoms with E-state index in [2.05, 4.69) is 17.5 Å². The van der Waals surface area contributed by atoms with E-state index >= 15 is 0 Å². The van der Waals surface area contributed by atoms with Crippen molar-refractivity contribution in [3.05, 3.63) is 39.9 Å². The fourth-order valence-corrected chi connectivity index (χ4v) is 3.81. The van der Waals surface area contributed by atoms with Gasteiger partial charge in [0.1, 0.15) is 0 Å². The van der Waals surface area contributed by atoms with Crippen LogP contribution in [0.1, 0.15) is 38.2 Å². The molecule has 3 atom stereocenters. The van der Waals surface area contributed by atoms with Gasteiger partial charge in [0.05, 0.1) is 11.1 Å². The summed E-state index contributed by atoms with van der Waals surface area (Å²) in [7, 11) is 0. The van der Waals surface area contributed by atoms with E-state index in [9.17, 15) is 14.9 Å². The molecule has 0 bridgehead atoms.